The zero-order valence-corrected chi connectivity index (χ0v) is 13.4. The average molecular weight is 333 g/mol. The quantitative estimate of drug-likeness (QED) is 0.755. The molecular formula is C20H16FN3O. The highest BCUT2D eigenvalue weighted by atomic mass is 19.1. The van der Waals surface area contributed by atoms with Crippen LogP contribution in [0.25, 0.3) is 22.3 Å². The van der Waals surface area contributed by atoms with E-state index in [1.165, 1.54) is 12.1 Å². The van der Waals surface area contributed by atoms with Gasteiger partial charge in [-0.1, -0.05) is 24.3 Å². The van der Waals surface area contributed by atoms with Gasteiger partial charge in [0, 0.05) is 29.4 Å². The molecule has 5 heteroatoms. The normalized spacial score (nSPS) is 13.2. The molecule has 1 aromatic heterocycles. The highest BCUT2D eigenvalue weighted by molar-refractivity contribution is 5.97. The van der Waals surface area contributed by atoms with Gasteiger partial charge in [-0.3, -0.25) is 4.79 Å². The number of carbonyl (C=O) groups excluding carboxylic acids is 1. The molecule has 3 aromatic rings. The van der Waals surface area contributed by atoms with Gasteiger partial charge < -0.3 is 11.1 Å². The minimum Gasteiger partial charge on any atom is -0.383 e. The van der Waals surface area contributed by atoms with Gasteiger partial charge in [0.25, 0.3) is 5.91 Å². The van der Waals surface area contributed by atoms with Crippen molar-refractivity contribution in [3.8, 4) is 22.3 Å². The second kappa shape index (κ2) is 6.02. The third kappa shape index (κ3) is 2.85. The van der Waals surface area contributed by atoms with E-state index < -0.39 is 0 Å². The molecule has 3 N–H and O–H groups in total. The van der Waals surface area contributed by atoms with Gasteiger partial charge in [-0.25, -0.2) is 9.37 Å². The van der Waals surface area contributed by atoms with E-state index in [4.69, 9.17) is 5.73 Å². The maximum Gasteiger partial charge on any atom is 0.251 e. The first-order chi connectivity index (χ1) is 12.1. The number of nitrogen functional groups attached to an aromatic ring is 1. The summed E-state index contributed by atoms with van der Waals surface area (Å²) in [6.07, 6.45) is 2.47. The van der Waals surface area contributed by atoms with Crippen molar-refractivity contribution in [1.82, 2.24) is 10.3 Å². The Labute approximate surface area is 144 Å². The summed E-state index contributed by atoms with van der Waals surface area (Å²) in [5.74, 6) is 0.102. The summed E-state index contributed by atoms with van der Waals surface area (Å²) in [6, 6.07) is 13.9. The first-order valence-electron chi connectivity index (χ1n) is 8.05. The Morgan fingerprint density at radius 1 is 0.960 bits per heavy atom. The van der Waals surface area contributed by atoms with Gasteiger partial charge in [-0.15, -0.1) is 0 Å². The third-order valence-electron chi connectivity index (χ3n) is 4.44. The highest BCUT2D eigenvalue weighted by Crippen LogP contribution is 2.31. The first-order valence-corrected chi connectivity index (χ1v) is 8.05. The van der Waals surface area contributed by atoms with Crippen LogP contribution >= 0.6 is 0 Å². The van der Waals surface area contributed by atoms with Crippen LogP contribution < -0.4 is 11.1 Å². The summed E-state index contributed by atoms with van der Waals surface area (Å²) < 4.78 is 13.1. The topological polar surface area (TPSA) is 68.0 Å². The third-order valence-corrected chi connectivity index (χ3v) is 4.44. The number of carbonyl (C=O) groups is 1. The molecule has 0 saturated carbocycles. The second-order valence-electron chi connectivity index (χ2n) is 6.04. The van der Waals surface area contributed by atoms with Crippen molar-refractivity contribution in [1.29, 1.82) is 0 Å². The van der Waals surface area contributed by atoms with Gasteiger partial charge in [0.05, 0.1) is 0 Å². The number of amides is 1. The van der Waals surface area contributed by atoms with Crippen molar-refractivity contribution in [3.05, 3.63) is 71.7 Å². The largest absolute Gasteiger partial charge is 0.383 e. The number of aromatic nitrogens is 1. The van der Waals surface area contributed by atoms with Crippen molar-refractivity contribution in [2.45, 2.75) is 6.42 Å². The zero-order chi connectivity index (χ0) is 17.4. The monoisotopic (exact) mass is 333 g/mol. The Bertz CT molecular complexity index is 967. The fourth-order valence-electron chi connectivity index (χ4n) is 3.10. The van der Waals surface area contributed by atoms with Gasteiger partial charge in [0.2, 0.25) is 0 Å². The number of anilines is 1. The maximum atomic E-state index is 13.1. The van der Waals surface area contributed by atoms with Crippen molar-refractivity contribution >= 4 is 11.7 Å². The Morgan fingerprint density at radius 2 is 1.72 bits per heavy atom. The number of hydrogen-bond acceptors (Lipinski definition) is 3. The number of pyridine rings is 1. The number of halogens is 1. The molecule has 4 nitrogen and oxygen atoms in total. The number of fused-ring (bicyclic) bond motifs is 1. The van der Waals surface area contributed by atoms with Crippen LogP contribution in [0, 0.1) is 5.82 Å². The number of benzene rings is 2. The molecule has 0 saturated heterocycles. The Morgan fingerprint density at radius 3 is 2.52 bits per heavy atom. The lowest BCUT2D eigenvalue weighted by Crippen LogP contribution is -2.31. The highest BCUT2D eigenvalue weighted by Gasteiger charge is 2.17. The number of hydrogen-bond donors (Lipinski definition) is 2. The lowest BCUT2D eigenvalue weighted by atomic mass is 9.94. The van der Waals surface area contributed by atoms with E-state index in [1.807, 2.05) is 24.3 Å². The van der Waals surface area contributed by atoms with E-state index >= 15 is 0 Å². The van der Waals surface area contributed by atoms with Crippen molar-refractivity contribution in [2.24, 2.45) is 0 Å². The smallest absolute Gasteiger partial charge is 0.251 e. The number of rotatable bonds is 2. The Hall–Kier alpha value is -3.21. The molecule has 0 bridgehead atoms. The van der Waals surface area contributed by atoms with Crippen LogP contribution in [0.5, 0.6) is 0 Å². The Balaban J connectivity index is 1.79. The Kier molecular flexibility index (Phi) is 3.69. The van der Waals surface area contributed by atoms with Crippen LogP contribution in [-0.2, 0) is 6.42 Å². The molecule has 0 aliphatic carbocycles. The van der Waals surface area contributed by atoms with Crippen LogP contribution in [-0.4, -0.2) is 17.4 Å². The summed E-state index contributed by atoms with van der Waals surface area (Å²) >= 11 is 0. The molecule has 25 heavy (non-hydrogen) atoms. The van der Waals surface area contributed by atoms with Crippen LogP contribution in [0.1, 0.15) is 15.9 Å². The summed E-state index contributed by atoms with van der Waals surface area (Å²) in [4.78, 5) is 16.2. The second-order valence-corrected chi connectivity index (χ2v) is 6.04. The standard InChI is InChI=1S/C20H16FN3O/c21-16-4-1-12(2-5-16)15-10-18(19(22)24-11-15)13-3-6-17-14(9-13)7-8-23-20(17)25/h1-6,9-11H,7-8H2,(H2,22,24)(H,23,25). The first kappa shape index (κ1) is 15.3. The average Bonchev–Trinajstić information content (AvgIpc) is 2.63. The number of nitrogens with one attached hydrogen (secondary N) is 1. The molecule has 124 valence electrons. The predicted molar refractivity (Wildman–Crippen MR) is 95.5 cm³/mol. The summed E-state index contributed by atoms with van der Waals surface area (Å²) in [6.45, 7) is 0.638. The van der Waals surface area contributed by atoms with Crippen LogP contribution in [0.2, 0.25) is 0 Å². The predicted octanol–water partition coefficient (Wildman–Crippen LogP) is 3.42. The van der Waals surface area contributed by atoms with Crippen molar-refractivity contribution in [2.75, 3.05) is 12.3 Å². The number of nitrogens with two attached hydrogens (primary N) is 1. The van der Waals surface area contributed by atoms with E-state index in [-0.39, 0.29) is 11.7 Å². The van der Waals surface area contributed by atoms with E-state index in [1.54, 1.807) is 18.3 Å². The fraction of sp³-hybridized carbons (Fsp3) is 0.100. The summed E-state index contributed by atoms with van der Waals surface area (Å²) in [5, 5.41) is 2.84. The minimum absolute atomic E-state index is 0.0426. The van der Waals surface area contributed by atoms with Crippen molar-refractivity contribution < 1.29 is 9.18 Å². The molecule has 1 aliphatic heterocycles. The SMILES string of the molecule is Nc1ncc(-c2ccc(F)cc2)cc1-c1ccc2c(c1)CCNC2=O. The van der Waals surface area contributed by atoms with E-state index in [9.17, 15) is 9.18 Å². The van der Waals surface area contributed by atoms with Gasteiger partial charge >= 0.3 is 0 Å². The summed E-state index contributed by atoms with van der Waals surface area (Å²) in [5.41, 5.74) is 11.2. The lowest BCUT2D eigenvalue weighted by Gasteiger charge is -2.18. The van der Waals surface area contributed by atoms with Crippen LogP contribution in [0.4, 0.5) is 10.2 Å². The molecule has 1 aliphatic rings. The maximum absolute atomic E-state index is 13.1. The molecule has 0 atom stereocenters. The van der Waals surface area contributed by atoms with Gasteiger partial charge in [-0.05, 0) is 47.4 Å². The molecule has 2 aromatic carbocycles. The zero-order valence-electron chi connectivity index (χ0n) is 13.4. The molecule has 0 fully saturated rings. The van der Waals surface area contributed by atoms with E-state index in [0.717, 1.165) is 34.2 Å². The molecule has 0 radical (unpaired) electrons. The minimum atomic E-state index is -0.277. The van der Waals surface area contributed by atoms with Gasteiger partial charge in [0.1, 0.15) is 11.6 Å². The van der Waals surface area contributed by atoms with E-state index in [0.29, 0.717) is 17.9 Å². The molecular weight excluding hydrogens is 317 g/mol. The molecule has 2 heterocycles. The molecule has 0 spiro atoms. The summed E-state index contributed by atoms with van der Waals surface area (Å²) in [7, 11) is 0. The molecule has 4 rings (SSSR count). The fourth-order valence-corrected chi connectivity index (χ4v) is 3.10. The van der Waals surface area contributed by atoms with Crippen LogP contribution in [0.3, 0.4) is 0 Å². The van der Waals surface area contributed by atoms with Crippen LogP contribution in [0.15, 0.2) is 54.7 Å². The molecule has 0 unspecified atom stereocenters. The van der Waals surface area contributed by atoms with Gasteiger partial charge in [-0.2, -0.15) is 0 Å². The van der Waals surface area contributed by atoms with E-state index in [2.05, 4.69) is 10.3 Å². The van der Waals surface area contributed by atoms with Gasteiger partial charge in [0.15, 0.2) is 0 Å². The van der Waals surface area contributed by atoms with Crippen molar-refractivity contribution in [3.63, 3.8) is 0 Å². The lowest BCUT2D eigenvalue weighted by molar-refractivity contribution is 0.0946. The number of nitrogens with zero attached hydrogens (tertiary/aromatic N) is 1. The molecule has 1 amide bonds.